The van der Waals surface area contributed by atoms with Crippen molar-refractivity contribution in [1.29, 1.82) is 0 Å². The average Bonchev–Trinajstić information content (AvgIpc) is 2.49. The molecule has 0 unspecified atom stereocenters. The minimum absolute atomic E-state index is 0.188. The topological polar surface area (TPSA) is 20.3 Å². The maximum atomic E-state index is 12.7. The van der Waals surface area contributed by atoms with Crippen LogP contribution >= 0.6 is 15.9 Å². The van der Waals surface area contributed by atoms with Gasteiger partial charge in [0, 0.05) is 16.7 Å². The Morgan fingerprint density at radius 3 is 2.71 bits per heavy atom. The molecule has 1 aliphatic heterocycles. The lowest BCUT2D eigenvalue weighted by Gasteiger charge is -2.31. The summed E-state index contributed by atoms with van der Waals surface area (Å²) in [5.41, 5.74) is 4.68. The first-order chi connectivity index (χ1) is 10.1. The van der Waals surface area contributed by atoms with E-state index in [0.29, 0.717) is 6.42 Å². The zero-order chi connectivity index (χ0) is 14.8. The highest BCUT2D eigenvalue weighted by atomic mass is 79.9. The molecule has 0 aromatic heterocycles. The zero-order valence-electron chi connectivity index (χ0n) is 12.1. The lowest BCUT2D eigenvalue weighted by atomic mass is 9.97. The molecular formula is C18H18BrNO. The van der Waals surface area contributed by atoms with Crippen LogP contribution in [0, 0.1) is 6.92 Å². The van der Waals surface area contributed by atoms with E-state index in [4.69, 9.17) is 0 Å². The van der Waals surface area contributed by atoms with Gasteiger partial charge in [0.25, 0.3) is 0 Å². The largest absolute Gasteiger partial charge is 0.312 e. The van der Waals surface area contributed by atoms with Crippen LogP contribution in [0.1, 0.15) is 23.1 Å². The molecule has 0 N–H and O–H groups in total. The Kier molecular flexibility index (Phi) is 4.11. The van der Waals surface area contributed by atoms with Crippen molar-refractivity contribution in [2.24, 2.45) is 0 Å². The molecule has 1 aliphatic rings. The van der Waals surface area contributed by atoms with Crippen LogP contribution < -0.4 is 4.90 Å². The summed E-state index contributed by atoms with van der Waals surface area (Å²) < 4.78 is 1.04. The van der Waals surface area contributed by atoms with Crippen molar-refractivity contribution in [3.05, 3.63) is 63.6 Å². The van der Waals surface area contributed by atoms with Crippen molar-refractivity contribution in [3.8, 4) is 0 Å². The van der Waals surface area contributed by atoms with Crippen LogP contribution in [-0.4, -0.2) is 12.5 Å². The molecule has 0 bridgehead atoms. The Labute approximate surface area is 133 Å². The molecule has 1 amide bonds. The van der Waals surface area contributed by atoms with E-state index in [1.165, 1.54) is 11.1 Å². The summed E-state index contributed by atoms with van der Waals surface area (Å²) in [4.78, 5) is 14.7. The molecule has 0 atom stereocenters. The normalized spacial score (nSPS) is 13.9. The number of hydrogen-bond acceptors (Lipinski definition) is 1. The van der Waals surface area contributed by atoms with Crippen LogP contribution in [0.15, 0.2) is 46.9 Å². The number of benzene rings is 2. The quantitative estimate of drug-likeness (QED) is 0.796. The van der Waals surface area contributed by atoms with Gasteiger partial charge in [-0.2, -0.15) is 0 Å². The molecular weight excluding hydrogens is 326 g/mol. The predicted octanol–water partition coefficient (Wildman–Crippen LogP) is 4.28. The lowest BCUT2D eigenvalue weighted by molar-refractivity contribution is -0.118. The van der Waals surface area contributed by atoms with Crippen molar-refractivity contribution in [2.75, 3.05) is 11.4 Å². The minimum atomic E-state index is 0.188. The van der Waals surface area contributed by atoms with Gasteiger partial charge in [0.15, 0.2) is 0 Å². The number of anilines is 1. The second kappa shape index (κ2) is 6.02. The summed E-state index contributed by atoms with van der Waals surface area (Å²) in [5.74, 6) is 0.188. The SMILES string of the molecule is Cc1cccc2c1N(C(=O)Cc1ccc(Br)cc1)CCC2. The standard InChI is InChI=1S/C18H18BrNO/c1-13-4-2-5-15-6-3-11-20(18(13)15)17(21)12-14-7-9-16(19)10-8-14/h2,4-5,7-10H,3,6,11-12H2,1H3. The number of para-hydroxylation sites is 1. The number of carbonyl (C=O) groups is 1. The summed E-state index contributed by atoms with van der Waals surface area (Å²) in [6.07, 6.45) is 2.57. The van der Waals surface area contributed by atoms with Crippen LogP contribution in [0.2, 0.25) is 0 Å². The van der Waals surface area contributed by atoms with E-state index in [2.05, 4.69) is 41.1 Å². The Hall–Kier alpha value is -1.61. The Bertz CT molecular complexity index is 663. The van der Waals surface area contributed by atoms with E-state index in [1.54, 1.807) is 0 Å². The summed E-state index contributed by atoms with van der Waals surface area (Å²) >= 11 is 3.42. The van der Waals surface area contributed by atoms with E-state index >= 15 is 0 Å². The maximum Gasteiger partial charge on any atom is 0.231 e. The number of nitrogens with zero attached hydrogens (tertiary/aromatic N) is 1. The highest BCUT2D eigenvalue weighted by Gasteiger charge is 2.23. The zero-order valence-corrected chi connectivity index (χ0v) is 13.7. The molecule has 0 radical (unpaired) electrons. The molecule has 1 heterocycles. The van der Waals surface area contributed by atoms with Crippen molar-refractivity contribution in [3.63, 3.8) is 0 Å². The lowest BCUT2D eigenvalue weighted by Crippen LogP contribution is -2.37. The van der Waals surface area contributed by atoms with Crippen LogP contribution in [-0.2, 0) is 17.6 Å². The van der Waals surface area contributed by atoms with Gasteiger partial charge in [-0.1, -0.05) is 46.3 Å². The summed E-state index contributed by atoms with van der Waals surface area (Å²) in [6.45, 7) is 2.91. The molecule has 0 aliphatic carbocycles. The van der Waals surface area contributed by atoms with Crippen LogP contribution in [0.5, 0.6) is 0 Å². The van der Waals surface area contributed by atoms with Gasteiger partial charge in [-0.3, -0.25) is 4.79 Å². The van der Waals surface area contributed by atoms with Gasteiger partial charge in [-0.25, -0.2) is 0 Å². The van der Waals surface area contributed by atoms with Crippen molar-refractivity contribution in [1.82, 2.24) is 0 Å². The van der Waals surface area contributed by atoms with Gasteiger partial charge in [-0.05, 0) is 48.6 Å². The first kappa shape index (κ1) is 14.3. The third-order valence-corrected chi connectivity index (χ3v) is 4.52. The predicted molar refractivity (Wildman–Crippen MR) is 89.7 cm³/mol. The number of halogens is 1. The van der Waals surface area contributed by atoms with Crippen molar-refractivity contribution in [2.45, 2.75) is 26.2 Å². The fraction of sp³-hybridized carbons (Fsp3) is 0.278. The average molecular weight is 344 g/mol. The fourth-order valence-electron chi connectivity index (χ4n) is 2.97. The Morgan fingerprint density at radius 2 is 1.95 bits per heavy atom. The fourth-order valence-corrected chi connectivity index (χ4v) is 3.23. The van der Waals surface area contributed by atoms with Gasteiger partial charge in [-0.15, -0.1) is 0 Å². The summed E-state index contributed by atoms with van der Waals surface area (Å²) in [7, 11) is 0. The number of amides is 1. The molecule has 3 rings (SSSR count). The summed E-state index contributed by atoms with van der Waals surface area (Å²) in [6, 6.07) is 14.3. The van der Waals surface area contributed by atoms with Gasteiger partial charge in [0.05, 0.1) is 6.42 Å². The molecule has 0 saturated carbocycles. The van der Waals surface area contributed by atoms with Gasteiger partial charge in [0.2, 0.25) is 5.91 Å². The Balaban J connectivity index is 1.85. The smallest absolute Gasteiger partial charge is 0.231 e. The van der Waals surface area contributed by atoms with E-state index in [-0.39, 0.29) is 5.91 Å². The van der Waals surface area contributed by atoms with Gasteiger partial charge >= 0.3 is 0 Å². The second-order valence-electron chi connectivity index (χ2n) is 5.53. The summed E-state index contributed by atoms with van der Waals surface area (Å²) in [5, 5.41) is 0. The van der Waals surface area contributed by atoms with E-state index < -0.39 is 0 Å². The molecule has 21 heavy (non-hydrogen) atoms. The number of hydrogen-bond donors (Lipinski definition) is 0. The molecule has 0 fully saturated rings. The molecule has 2 aromatic rings. The van der Waals surface area contributed by atoms with Gasteiger partial charge in [0.1, 0.15) is 0 Å². The van der Waals surface area contributed by atoms with Crippen LogP contribution in [0.4, 0.5) is 5.69 Å². The minimum Gasteiger partial charge on any atom is -0.312 e. The molecule has 2 nitrogen and oxygen atoms in total. The maximum absolute atomic E-state index is 12.7. The van der Waals surface area contributed by atoms with Crippen molar-refractivity contribution >= 4 is 27.5 Å². The highest BCUT2D eigenvalue weighted by Crippen LogP contribution is 2.31. The first-order valence-electron chi connectivity index (χ1n) is 7.28. The second-order valence-corrected chi connectivity index (χ2v) is 6.45. The molecule has 3 heteroatoms. The van der Waals surface area contributed by atoms with Crippen molar-refractivity contribution < 1.29 is 4.79 Å². The number of fused-ring (bicyclic) bond motifs is 1. The molecule has 0 spiro atoms. The highest BCUT2D eigenvalue weighted by molar-refractivity contribution is 9.10. The Morgan fingerprint density at radius 1 is 1.19 bits per heavy atom. The molecule has 2 aromatic carbocycles. The third-order valence-electron chi connectivity index (χ3n) is 3.99. The third kappa shape index (κ3) is 3.03. The molecule has 108 valence electrons. The number of carbonyl (C=O) groups excluding carboxylic acids is 1. The first-order valence-corrected chi connectivity index (χ1v) is 8.08. The van der Waals surface area contributed by atoms with Gasteiger partial charge < -0.3 is 4.90 Å². The van der Waals surface area contributed by atoms with Crippen LogP contribution in [0.25, 0.3) is 0 Å². The van der Waals surface area contributed by atoms with E-state index in [1.807, 2.05) is 29.2 Å². The van der Waals surface area contributed by atoms with E-state index in [0.717, 1.165) is 35.1 Å². The monoisotopic (exact) mass is 343 g/mol. The molecule has 0 saturated heterocycles. The number of aryl methyl sites for hydroxylation is 2. The number of rotatable bonds is 2. The van der Waals surface area contributed by atoms with Crippen LogP contribution in [0.3, 0.4) is 0 Å². The van der Waals surface area contributed by atoms with E-state index in [9.17, 15) is 4.79 Å².